The van der Waals surface area contributed by atoms with Crippen LogP contribution >= 0.6 is 0 Å². The number of hydrogen-bond donors (Lipinski definition) is 0. The standard InChI is InChI=1S/C42H26N2O2/c1-2-6-27(7-3-1)30-12-17-37-38-21-31(28-8-4-10-33(18-28)41-23-45-25-43-41)13-15-35(38)36-16-14-32(22-39(36)40(37)20-30)29-9-5-11-34(19-29)42-24-46-26-44-42/h1-26H. The molecule has 2 heterocycles. The number of fused-ring (bicyclic) bond motifs is 6. The summed E-state index contributed by atoms with van der Waals surface area (Å²) in [6.07, 6.45) is 6.31. The summed E-state index contributed by atoms with van der Waals surface area (Å²) in [6, 6.07) is 48.1. The van der Waals surface area contributed by atoms with Crippen molar-refractivity contribution in [2.24, 2.45) is 0 Å². The molecule has 0 saturated heterocycles. The van der Waals surface area contributed by atoms with Crippen LogP contribution in [-0.2, 0) is 0 Å². The van der Waals surface area contributed by atoms with Crippen molar-refractivity contribution >= 4 is 32.3 Å². The Balaban J connectivity index is 1.27. The molecule has 0 amide bonds. The van der Waals surface area contributed by atoms with E-state index in [0.29, 0.717) is 0 Å². The number of nitrogens with zero attached hydrogens (tertiary/aromatic N) is 2. The number of benzene rings is 7. The van der Waals surface area contributed by atoms with E-state index >= 15 is 0 Å². The topological polar surface area (TPSA) is 52.1 Å². The van der Waals surface area contributed by atoms with E-state index in [1.807, 2.05) is 0 Å². The first-order valence-corrected chi connectivity index (χ1v) is 15.3. The number of aromatic nitrogens is 2. The van der Waals surface area contributed by atoms with E-state index in [0.717, 1.165) is 44.8 Å². The van der Waals surface area contributed by atoms with Gasteiger partial charge >= 0.3 is 0 Å². The molecule has 0 fully saturated rings. The van der Waals surface area contributed by atoms with Crippen molar-refractivity contribution in [3.63, 3.8) is 0 Å². The van der Waals surface area contributed by atoms with Crippen LogP contribution in [0.4, 0.5) is 0 Å². The first-order valence-electron chi connectivity index (χ1n) is 15.3. The Morgan fingerprint density at radius 1 is 0.304 bits per heavy atom. The van der Waals surface area contributed by atoms with E-state index in [9.17, 15) is 0 Å². The molecule has 7 aromatic carbocycles. The summed E-state index contributed by atoms with van der Waals surface area (Å²) in [6.45, 7) is 0. The van der Waals surface area contributed by atoms with Crippen LogP contribution in [-0.4, -0.2) is 9.97 Å². The third-order valence-corrected chi connectivity index (χ3v) is 8.88. The summed E-state index contributed by atoms with van der Waals surface area (Å²) in [5.41, 5.74) is 10.7. The van der Waals surface area contributed by atoms with Crippen molar-refractivity contribution in [1.82, 2.24) is 9.97 Å². The molecule has 0 aliphatic heterocycles. The van der Waals surface area contributed by atoms with Crippen LogP contribution < -0.4 is 0 Å². The van der Waals surface area contributed by atoms with Gasteiger partial charge in [-0.3, -0.25) is 0 Å². The molecule has 0 radical (unpaired) electrons. The number of rotatable bonds is 5. The SMILES string of the molecule is c1ccc(-c2ccc3c4cc(-c5cccc(-c6cocn6)c5)ccc4c4ccc(-c5cccc(-c6cocn6)c5)cc4c3c2)cc1. The van der Waals surface area contributed by atoms with Gasteiger partial charge in [0.1, 0.15) is 23.9 Å². The van der Waals surface area contributed by atoms with Crippen molar-refractivity contribution in [2.75, 3.05) is 0 Å². The van der Waals surface area contributed by atoms with Crippen LogP contribution in [0.1, 0.15) is 0 Å². The molecule has 0 spiro atoms. The zero-order valence-corrected chi connectivity index (χ0v) is 24.7. The largest absolute Gasteiger partial charge is 0.451 e. The molecule has 2 aromatic heterocycles. The molecular formula is C42H26N2O2. The van der Waals surface area contributed by atoms with Gasteiger partial charge in [0.05, 0.1) is 0 Å². The van der Waals surface area contributed by atoms with Gasteiger partial charge in [-0.1, -0.05) is 103 Å². The lowest BCUT2D eigenvalue weighted by Crippen LogP contribution is -1.88. The van der Waals surface area contributed by atoms with Crippen LogP contribution in [0.25, 0.3) is 88.2 Å². The Hall–Kier alpha value is -6.26. The summed E-state index contributed by atoms with van der Waals surface area (Å²) in [5.74, 6) is 0. The van der Waals surface area contributed by atoms with Crippen molar-refractivity contribution in [3.05, 3.63) is 159 Å². The van der Waals surface area contributed by atoms with E-state index in [-0.39, 0.29) is 0 Å². The van der Waals surface area contributed by atoms with E-state index in [1.165, 1.54) is 56.2 Å². The van der Waals surface area contributed by atoms with Crippen molar-refractivity contribution < 1.29 is 8.83 Å². The minimum Gasteiger partial charge on any atom is -0.451 e. The molecule has 216 valence electrons. The van der Waals surface area contributed by atoms with Crippen molar-refractivity contribution in [2.45, 2.75) is 0 Å². The Morgan fingerprint density at radius 2 is 0.696 bits per heavy atom. The molecule has 0 aliphatic rings. The third-order valence-electron chi connectivity index (χ3n) is 8.88. The Labute approximate surface area is 265 Å². The van der Waals surface area contributed by atoms with Crippen molar-refractivity contribution in [1.29, 1.82) is 0 Å². The van der Waals surface area contributed by atoms with Gasteiger partial charge in [-0.05, 0) is 96.0 Å². The molecule has 0 unspecified atom stereocenters. The highest BCUT2D eigenvalue weighted by molar-refractivity contribution is 6.26. The van der Waals surface area contributed by atoms with Gasteiger partial charge in [0.15, 0.2) is 12.8 Å². The molecule has 9 aromatic rings. The summed E-state index contributed by atoms with van der Waals surface area (Å²) < 4.78 is 10.5. The summed E-state index contributed by atoms with van der Waals surface area (Å²) in [7, 11) is 0. The molecule has 4 heteroatoms. The Bertz CT molecular complexity index is 2520. The first kappa shape index (κ1) is 26.2. The van der Waals surface area contributed by atoms with Crippen LogP contribution in [0.2, 0.25) is 0 Å². The predicted octanol–water partition coefficient (Wildman–Crippen LogP) is 11.5. The quantitative estimate of drug-likeness (QED) is 0.187. The highest BCUT2D eigenvalue weighted by Crippen LogP contribution is 2.41. The van der Waals surface area contributed by atoms with Crippen LogP contribution in [0.5, 0.6) is 0 Å². The van der Waals surface area contributed by atoms with Gasteiger partial charge in [0, 0.05) is 11.1 Å². The molecule has 9 rings (SSSR count). The van der Waals surface area contributed by atoms with Gasteiger partial charge in [-0.15, -0.1) is 0 Å². The van der Waals surface area contributed by atoms with Gasteiger partial charge in [0.25, 0.3) is 0 Å². The summed E-state index contributed by atoms with van der Waals surface area (Å²) in [5, 5.41) is 7.37. The first-order chi connectivity index (χ1) is 22.8. The van der Waals surface area contributed by atoms with Gasteiger partial charge in [-0.25, -0.2) is 9.97 Å². The van der Waals surface area contributed by atoms with Crippen LogP contribution in [0.3, 0.4) is 0 Å². The second kappa shape index (κ2) is 10.7. The molecular weight excluding hydrogens is 564 g/mol. The highest BCUT2D eigenvalue weighted by atomic mass is 16.3. The summed E-state index contributed by atoms with van der Waals surface area (Å²) in [4.78, 5) is 8.71. The monoisotopic (exact) mass is 590 g/mol. The predicted molar refractivity (Wildman–Crippen MR) is 186 cm³/mol. The fraction of sp³-hybridized carbons (Fsp3) is 0. The maximum Gasteiger partial charge on any atom is 0.181 e. The number of oxazole rings is 2. The average molecular weight is 591 g/mol. The maximum atomic E-state index is 5.25. The molecule has 4 nitrogen and oxygen atoms in total. The second-order valence-electron chi connectivity index (χ2n) is 11.6. The number of hydrogen-bond acceptors (Lipinski definition) is 4. The molecule has 0 N–H and O–H groups in total. The molecule has 46 heavy (non-hydrogen) atoms. The summed E-state index contributed by atoms with van der Waals surface area (Å²) >= 11 is 0. The van der Waals surface area contributed by atoms with Crippen LogP contribution in [0, 0.1) is 0 Å². The van der Waals surface area contributed by atoms with E-state index in [1.54, 1.807) is 12.5 Å². The van der Waals surface area contributed by atoms with Gasteiger partial charge in [0.2, 0.25) is 0 Å². The molecule has 0 saturated carbocycles. The Kier molecular flexibility index (Phi) is 6.10. The fourth-order valence-corrected chi connectivity index (χ4v) is 6.60. The minimum atomic E-state index is 0.828. The third kappa shape index (κ3) is 4.47. The molecule has 0 bridgehead atoms. The van der Waals surface area contributed by atoms with Crippen molar-refractivity contribution in [3.8, 4) is 55.9 Å². The fourth-order valence-electron chi connectivity index (χ4n) is 6.60. The van der Waals surface area contributed by atoms with Gasteiger partial charge in [-0.2, -0.15) is 0 Å². The zero-order valence-electron chi connectivity index (χ0n) is 24.7. The van der Waals surface area contributed by atoms with Gasteiger partial charge < -0.3 is 8.83 Å². The lowest BCUT2D eigenvalue weighted by Gasteiger charge is -2.15. The van der Waals surface area contributed by atoms with E-state index < -0.39 is 0 Å². The lowest BCUT2D eigenvalue weighted by molar-refractivity contribution is 0.558. The normalized spacial score (nSPS) is 11.5. The second-order valence-corrected chi connectivity index (χ2v) is 11.6. The minimum absolute atomic E-state index is 0.828. The molecule has 0 atom stereocenters. The lowest BCUT2D eigenvalue weighted by atomic mass is 9.88. The average Bonchev–Trinajstić information content (AvgIpc) is 3.88. The van der Waals surface area contributed by atoms with Crippen LogP contribution in [0.15, 0.2) is 168 Å². The maximum absolute atomic E-state index is 5.25. The van der Waals surface area contributed by atoms with E-state index in [2.05, 4.69) is 143 Å². The Morgan fingerprint density at radius 3 is 1.17 bits per heavy atom. The molecule has 0 aliphatic carbocycles. The smallest absolute Gasteiger partial charge is 0.181 e. The highest BCUT2D eigenvalue weighted by Gasteiger charge is 2.14. The zero-order chi connectivity index (χ0) is 30.5. The van der Waals surface area contributed by atoms with E-state index in [4.69, 9.17) is 8.83 Å².